The zero-order valence-electron chi connectivity index (χ0n) is 7.47. The molecule has 1 radical (unpaired) electrons. The van der Waals surface area contributed by atoms with Gasteiger partial charge in [0.2, 0.25) is 0 Å². The highest BCUT2D eigenvalue weighted by atomic mass is 16.3. The fraction of sp³-hybridized carbons (Fsp3) is 1.00. The van der Waals surface area contributed by atoms with Crippen molar-refractivity contribution in [1.82, 2.24) is 5.32 Å². The van der Waals surface area contributed by atoms with Crippen LogP contribution in [-0.4, -0.2) is 18.7 Å². The lowest BCUT2D eigenvalue weighted by Gasteiger charge is -2.28. The van der Waals surface area contributed by atoms with E-state index >= 15 is 0 Å². The summed E-state index contributed by atoms with van der Waals surface area (Å²) in [7, 11) is 0. The number of nitrogens with one attached hydrogen (secondary N) is 1. The monoisotopic (exact) mass is 156 g/mol. The predicted molar refractivity (Wildman–Crippen MR) is 45.0 cm³/mol. The van der Waals surface area contributed by atoms with Crippen LogP contribution in [0.4, 0.5) is 0 Å². The van der Waals surface area contributed by atoms with E-state index in [0.29, 0.717) is 0 Å². The van der Waals surface area contributed by atoms with Gasteiger partial charge in [0.1, 0.15) is 6.10 Å². The molecule has 0 aromatic heterocycles. The summed E-state index contributed by atoms with van der Waals surface area (Å²) in [6.45, 7) is 5.05. The van der Waals surface area contributed by atoms with Gasteiger partial charge in [0.15, 0.2) is 0 Å². The zero-order chi connectivity index (χ0) is 8.27. The predicted octanol–water partition coefficient (Wildman–Crippen LogP) is 1.58. The van der Waals surface area contributed by atoms with Crippen LogP contribution in [0.2, 0.25) is 0 Å². The van der Waals surface area contributed by atoms with E-state index in [-0.39, 0.29) is 12.0 Å². The number of piperidine rings is 1. The SMILES string of the molecule is CC(C)C([O])C1CCCCN1. The van der Waals surface area contributed by atoms with Gasteiger partial charge in [-0.05, 0) is 25.3 Å². The highest BCUT2D eigenvalue weighted by molar-refractivity contribution is 4.80. The summed E-state index contributed by atoms with van der Waals surface area (Å²) in [6.07, 6.45) is 3.13. The van der Waals surface area contributed by atoms with Crippen LogP contribution in [0.15, 0.2) is 0 Å². The average Bonchev–Trinajstić information content (AvgIpc) is 2.05. The van der Waals surface area contributed by atoms with E-state index in [9.17, 15) is 5.11 Å². The fourth-order valence-corrected chi connectivity index (χ4v) is 1.62. The van der Waals surface area contributed by atoms with Crippen molar-refractivity contribution in [2.24, 2.45) is 5.92 Å². The lowest BCUT2D eigenvalue weighted by Crippen LogP contribution is -2.44. The summed E-state index contributed by atoms with van der Waals surface area (Å²) in [5.41, 5.74) is 0. The molecule has 2 heteroatoms. The first-order valence-electron chi connectivity index (χ1n) is 4.61. The van der Waals surface area contributed by atoms with Crippen molar-refractivity contribution in [3.05, 3.63) is 0 Å². The molecule has 2 atom stereocenters. The van der Waals surface area contributed by atoms with Crippen LogP contribution in [-0.2, 0) is 5.11 Å². The Labute approximate surface area is 69.0 Å². The molecule has 1 rings (SSSR count). The highest BCUT2D eigenvalue weighted by Crippen LogP contribution is 2.15. The minimum absolute atomic E-state index is 0.240. The molecule has 11 heavy (non-hydrogen) atoms. The Balaban J connectivity index is 2.32. The largest absolute Gasteiger partial charge is 0.311 e. The second kappa shape index (κ2) is 4.07. The van der Waals surface area contributed by atoms with E-state index in [1.165, 1.54) is 12.8 Å². The van der Waals surface area contributed by atoms with Gasteiger partial charge in [0.25, 0.3) is 0 Å². The van der Waals surface area contributed by atoms with E-state index in [1.807, 2.05) is 13.8 Å². The van der Waals surface area contributed by atoms with Gasteiger partial charge >= 0.3 is 0 Å². The number of hydrogen-bond acceptors (Lipinski definition) is 1. The van der Waals surface area contributed by atoms with Crippen LogP contribution in [0.3, 0.4) is 0 Å². The first-order valence-corrected chi connectivity index (χ1v) is 4.61. The van der Waals surface area contributed by atoms with Crippen LogP contribution in [0.5, 0.6) is 0 Å². The zero-order valence-corrected chi connectivity index (χ0v) is 7.47. The molecule has 1 heterocycles. The molecule has 1 N–H and O–H groups in total. The van der Waals surface area contributed by atoms with Crippen LogP contribution in [0.25, 0.3) is 0 Å². The minimum atomic E-state index is -0.407. The molecule has 0 aromatic rings. The summed E-state index contributed by atoms with van der Waals surface area (Å²) in [4.78, 5) is 0. The van der Waals surface area contributed by atoms with Gasteiger partial charge in [-0.1, -0.05) is 20.3 Å². The lowest BCUT2D eigenvalue weighted by molar-refractivity contribution is 0.00992. The van der Waals surface area contributed by atoms with Crippen molar-refractivity contribution in [3.63, 3.8) is 0 Å². The molecule has 2 nitrogen and oxygen atoms in total. The topological polar surface area (TPSA) is 31.9 Å². The summed E-state index contributed by atoms with van der Waals surface area (Å²) < 4.78 is 0. The molecule has 1 saturated heterocycles. The summed E-state index contributed by atoms with van der Waals surface area (Å²) in [6, 6.07) is 0.240. The summed E-state index contributed by atoms with van der Waals surface area (Å²) in [5, 5.41) is 14.8. The van der Waals surface area contributed by atoms with Gasteiger partial charge in [-0.3, -0.25) is 0 Å². The van der Waals surface area contributed by atoms with E-state index in [2.05, 4.69) is 5.32 Å². The van der Waals surface area contributed by atoms with Crippen LogP contribution < -0.4 is 5.32 Å². The maximum absolute atomic E-state index is 11.5. The van der Waals surface area contributed by atoms with Crippen molar-refractivity contribution in [1.29, 1.82) is 0 Å². The molecule has 1 aliphatic rings. The molecule has 0 amide bonds. The molecule has 0 aliphatic carbocycles. The molecule has 0 saturated carbocycles. The Morgan fingerprint density at radius 2 is 2.09 bits per heavy atom. The molecule has 0 bridgehead atoms. The van der Waals surface area contributed by atoms with Crippen molar-refractivity contribution in [2.45, 2.75) is 45.3 Å². The first-order chi connectivity index (χ1) is 5.22. The highest BCUT2D eigenvalue weighted by Gasteiger charge is 2.24. The fourth-order valence-electron chi connectivity index (χ4n) is 1.62. The van der Waals surface area contributed by atoms with Crippen molar-refractivity contribution < 1.29 is 5.11 Å². The second-order valence-corrected chi connectivity index (χ2v) is 3.77. The third kappa shape index (κ3) is 2.46. The molecular formula is C9H18NO. The molecular weight excluding hydrogens is 138 g/mol. The van der Waals surface area contributed by atoms with Gasteiger partial charge in [0, 0.05) is 6.04 Å². The number of rotatable bonds is 2. The Hall–Kier alpha value is -0.0800. The Morgan fingerprint density at radius 3 is 2.55 bits per heavy atom. The number of hydrogen-bond donors (Lipinski definition) is 1. The normalized spacial score (nSPS) is 28.9. The Kier molecular flexibility index (Phi) is 3.34. The Bertz CT molecular complexity index is 108. The lowest BCUT2D eigenvalue weighted by atomic mass is 9.93. The average molecular weight is 156 g/mol. The second-order valence-electron chi connectivity index (χ2n) is 3.77. The molecule has 0 spiro atoms. The third-order valence-electron chi connectivity index (χ3n) is 2.40. The molecule has 65 valence electrons. The Morgan fingerprint density at radius 1 is 1.36 bits per heavy atom. The first kappa shape index (κ1) is 9.01. The van der Waals surface area contributed by atoms with Crippen molar-refractivity contribution in [2.75, 3.05) is 6.54 Å². The van der Waals surface area contributed by atoms with Crippen LogP contribution in [0.1, 0.15) is 33.1 Å². The van der Waals surface area contributed by atoms with Gasteiger partial charge in [0.05, 0.1) is 0 Å². The molecule has 2 unspecified atom stereocenters. The molecule has 1 fully saturated rings. The smallest absolute Gasteiger partial charge is 0.110 e. The van der Waals surface area contributed by atoms with Gasteiger partial charge in [-0.2, -0.15) is 0 Å². The van der Waals surface area contributed by atoms with Crippen LogP contribution >= 0.6 is 0 Å². The van der Waals surface area contributed by atoms with Gasteiger partial charge in [-0.15, -0.1) is 0 Å². The maximum Gasteiger partial charge on any atom is 0.110 e. The molecule has 0 aromatic carbocycles. The van der Waals surface area contributed by atoms with Crippen LogP contribution in [0, 0.1) is 5.92 Å². The van der Waals surface area contributed by atoms with E-state index in [4.69, 9.17) is 0 Å². The van der Waals surface area contributed by atoms with Crippen molar-refractivity contribution >= 4 is 0 Å². The van der Waals surface area contributed by atoms with E-state index in [0.717, 1.165) is 13.0 Å². The summed E-state index contributed by atoms with van der Waals surface area (Å²) in [5.74, 6) is 0.269. The van der Waals surface area contributed by atoms with Gasteiger partial charge < -0.3 is 5.32 Å². The van der Waals surface area contributed by atoms with E-state index < -0.39 is 6.10 Å². The van der Waals surface area contributed by atoms with Crippen molar-refractivity contribution in [3.8, 4) is 0 Å². The minimum Gasteiger partial charge on any atom is -0.311 e. The van der Waals surface area contributed by atoms with Gasteiger partial charge in [-0.25, -0.2) is 5.11 Å². The van der Waals surface area contributed by atoms with E-state index in [1.54, 1.807) is 0 Å². The quantitative estimate of drug-likeness (QED) is 0.646. The standard InChI is InChI=1S/C9H18NO/c1-7(2)9(11)8-5-3-4-6-10-8/h7-10H,3-6H2,1-2H3. The third-order valence-corrected chi connectivity index (χ3v) is 2.40. The maximum atomic E-state index is 11.5. The summed E-state index contributed by atoms with van der Waals surface area (Å²) >= 11 is 0. The molecule has 1 aliphatic heterocycles.